The molecule has 3 rings (SSSR count). The molecule has 0 aliphatic heterocycles. The summed E-state index contributed by atoms with van der Waals surface area (Å²) < 4.78 is 54.6. The normalized spacial score (nSPS) is 11.7. The minimum atomic E-state index is -4.06. The first-order valence-electron chi connectivity index (χ1n) is 9.01. The lowest BCUT2D eigenvalue weighted by molar-refractivity contribution is -0.116. The Morgan fingerprint density at radius 2 is 1.90 bits per heavy atom. The number of imidazole rings is 1. The van der Waals surface area contributed by atoms with Crippen LogP contribution in [0.25, 0.3) is 11.0 Å². The lowest BCUT2D eigenvalue weighted by atomic mass is 10.3. The second kappa shape index (κ2) is 8.66. The van der Waals surface area contributed by atoms with Crippen molar-refractivity contribution in [1.82, 2.24) is 14.3 Å². The van der Waals surface area contributed by atoms with Gasteiger partial charge in [-0.05, 0) is 36.8 Å². The number of nitrogens with one attached hydrogen (secondary N) is 2. The van der Waals surface area contributed by atoms with Crippen LogP contribution in [0.1, 0.15) is 19.8 Å². The largest absolute Gasteiger partial charge is 0.310 e. The fourth-order valence-corrected chi connectivity index (χ4v) is 3.88. The van der Waals surface area contributed by atoms with Gasteiger partial charge in [-0.25, -0.2) is 26.9 Å². The minimum absolute atomic E-state index is 0.155. The molecule has 1 amide bonds. The standard InChI is InChI=1S/C19H20F2N4O3S/c1-2-11-25-17-6-4-3-5-16(17)23-19(25)24-18(26)9-10-22-29(27,28)13-7-8-14(20)15(21)12-13/h3-8,12,22H,2,9-11H2,1H3,(H,23,24,26). The third kappa shape index (κ3) is 4.77. The average Bonchev–Trinajstić information content (AvgIpc) is 3.01. The average molecular weight is 422 g/mol. The van der Waals surface area contributed by atoms with Crippen molar-refractivity contribution in [3.05, 3.63) is 54.1 Å². The summed E-state index contributed by atoms with van der Waals surface area (Å²) in [6, 6.07) is 9.75. The van der Waals surface area contributed by atoms with Crippen molar-refractivity contribution in [3.8, 4) is 0 Å². The van der Waals surface area contributed by atoms with Crippen LogP contribution in [0.3, 0.4) is 0 Å². The SMILES string of the molecule is CCCn1c(NC(=O)CCNS(=O)(=O)c2ccc(F)c(F)c2)nc2ccccc21. The van der Waals surface area contributed by atoms with Gasteiger partial charge in [0, 0.05) is 19.5 Å². The van der Waals surface area contributed by atoms with Gasteiger partial charge in [-0.2, -0.15) is 0 Å². The summed E-state index contributed by atoms with van der Waals surface area (Å²) in [5.41, 5.74) is 1.64. The molecule has 0 atom stereocenters. The maximum absolute atomic E-state index is 13.3. The van der Waals surface area contributed by atoms with Crippen LogP contribution in [-0.4, -0.2) is 30.4 Å². The summed E-state index contributed by atoms with van der Waals surface area (Å²) in [5, 5.41) is 2.70. The molecule has 2 aromatic carbocycles. The zero-order chi connectivity index (χ0) is 21.0. The lowest BCUT2D eigenvalue weighted by Crippen LogP contribution is -2.28. The van der Waals surface area contributed by atoms with Gasteiger partial charge in [0.2, 0.25) is 21.9 Å². The molecule has 0 saturated heterocycles. The minimum Gasteiger partial charge on any atom is -0.310 e. The number of nitrogens with zero attached hydrogens (tertiary/aromatic N) is 2. The van der Waals surface area contributed by atoms with E-state index in [9.17, 15) is 22.0 Å². The molecule has 3 aromatic rings. The number of amides is 1. The first-order valence-corrected chi connectivity index (χ1v) is 10.5. The number of anilines is 1. The number of carbonyl (C=O) groups excluding carboxylic acids is 1. The van der Waals surface area contributed by atoms with Gasteiger partial charge < -0.3 is 4.57 Å². The maximum atomic E-state index is 13.3. The predicted molar refractivity (Wildman–Crippen MR) is 105 cm³/mol. The van der Waals surface area contributed by atoms with E-state index in [1.165, 1.54) is 0 Å². The van der Waals surface area contributed by atoms with E-state index in [-0.39, 0.29) is 13.0 Å². The summed E-state index contributed by atoms with van der Waals surface area (Å²) in [5.74, 6) is -2.44. The number of rotatable bonds is 8. The molecule has 0 unspecified atom stereocenters. The molecule has 0 aliphatic rings. The van der Waals surface area contributed by atoms with Gasteiger partial charge in [0.25, 0.3) is 0 Å². The van der Waals surface area contributed by atoms with Crippen molar-refractivity contribution >= 4 is 32.9 Å². The van der Waals surface area contributed by atoms with Gasteiger partial charge in [0.1, 0.15) is 0 Å². The third-order valence-electron chi connectivity index (χ3n) is 4.20. The summed E-state index contributed by atoms with van der Waals surface area (Å²) in [6.07, 6.45) is 0.690. The number of hydrogen-bond donors (Lipinski definition) is 2. The van der Waals surface area contributed by atoms with Crippen LogP contribution in [0.2, 0.25) is 0 Å². The van der Waals surface area contributed by atoms with Crippen molar-refractivity contribution in [3.63, 3.8) is 0 Å². The summed E-state index contributed by atoms with van der Waals surface area (Å²) >= 11 is 0. The van der Waals surface area contributed by atoms with E-state index in [4.69, 9.17) is 0 Å². The van der Waals surface area contributed by atoms with Crippen molar-refractivity contribution in [2.45, 2.75) is 31.2 Å². The zero-order valence-corrected chi connectivity index (χ0v) is 16.5. The number of sulfonamides is 1. The lowest BCUT2D eigenvalue weighted by Gasteiger charge is -2.10. The van der Waals surface area contributed by atoms with Crippen LogP contribution in [0, 0.1) is 11.6 Å². The van der Waals surface area contributed by atoms with Crippen LogP contribution in [0.5, 0.6) is 0 Å². The van der Waals surface area contributed by atoms with E-state index in [0.717, 1.165) is 29.6 Å². The third-order valence-corrected chi connectivity index (χ3v) is 5.66. The highest BCUT2D eigenvalue weighted by molar-refractivity contribution is 7.89. The number of para-hydroxylation sites is 2. The zero-order valence-electron chi connectivity index (χ0n) is 15.7. The highest BCUT2D eigenvalue weighted by Crippen LogP contribution is 2.20. The predicted octanol–water partition coefficient (Wildman–Crippen LogP) is 3.03. The Hall–Kier alpha value is -2.85. The molecular weight excluding hydrogens is 402 g/mol. The number of hydrogen-bond acceptors (Lipinski definition) is 4. The van der Waals surface area contributed by atoms with Gasteiger partial charge in [-0.1, -0.05) is 19.1 Å². The van der Waals surface area contributed by atoms with E-state index in [2.05, 4.69) is 15.0 Å². The van der Waals surface area contributed by atoms with Gasteiger partial charge >= 0.3 is 0 Å². The first kappa shape index (κ1) is 20.9. The van der Waals surface area contributed by atoms with Crippen LogP contribution in [0.4, 0.5) is 14.7 Å². The van der Waals surface area contributed by atoms with Crippen molar-refractivity contribution in [2.75, 3.05) is 11.9 Å². The fraction of sp³-hybridized carbons (Fsp3) is 0.263. The van der Waals surface area contributed by atoms with Gasteiger partial charge in [-0.15, -0.1) is 0 Å². The Balaban J connectivity index is 1.64. The van der Waals surface area contributed by atoms with Gasteiger partial charge in [0.05, 0.1) is 15.9 Å². The molecule has 2 N–H and O–H groups in total. The fourth-order valence-electron chi connectivity index (χ4n) is 2.83. The molecule has 29 heavy (non-hydrogen) atoms. The van der Waals surface area contributed by atoms with Crippen molar-refractivity contribution in [1.29, 1.82) is 0 Å². The van der Waals surface area contributed by atoms with Gasteiger partial charge in [0.15, 0.2) is 11.6 Å². The molecule has 154 valence electrons. The summed E-state index contributed by atoms with van der Waals surface area (Å²) in [7, 11) is -4.06. The second-order valence-corrected chi connectivity index (χ2v) is 8.11. The molecule has 10 heteroatoms. The first-order chi connectivity index (χ1) is 13.8. The molecule has 0 aliphatic carbocycles. The monoisotopic (exact) mass is 422 g/mol. The quantitative estimate of drug-likeness (QED) is 0.584. The second-order valence-electron chi connectivity index (χ2n) is 6.35. The Labute approximate surface area is 166 Å². The summed E-state index contributed by atoms with van der Waals surface area (Å²) in [6.45, 7) is 2.47. The highest BCUT2D eigenvalue weighted by atomic mass is 32.2. The number of halogens is 2. The molecule has 1 aromatic heterocycles. The molecular formula is C19H20F2N4O3S. The molecule has 0 radical (unpaired) electrons. The topological polar surface area (TPSA) is 93.1 Å². The molecule has 1 heterocycles. The molecule has 0 spiro atoms. The number of fused-ring (bicyclic) bond motifs is 1. The maximum Gasteiger partial charge on any atom is 0.240 e. The number of aryl methyl sites for hydroxylation is 1. The Morgan fingerprint density at radius 3 is 2.62 bits per heavy atom. The molecule has 0 fully saturated rings. The molecule has 7 nitrogen and oxygen atoms in total. The van der Waals surface area contributed by atoms with E-state index < -0.39 is 32.5 Å². The number of carbonyl (C=O) groups is 1. The van der Waals surface area contributed by atoms with E-state index in [1.54, 1.807) is 0 Å². The number of aromatic nitrogens is 2. The highest BCUT2D eigenvalue weighted by Gasteiger charge is 2.17. The smallest absolute Gasteiger partial charge is 0.240 e. The Morgan fingerprint density at radius 1 is 1.14 bits per heavy atom. The Bertz CT molecular complexity index is 1150. The van der Waals surface area contributed by atoms with E-state index in [1.807, 2.05) is 35.8 Å². The van der Waals surface area contributed by atoms with Gasteiger partial charge in [-0.3, -0.25) is 10.1 Å². The van der Waals surface area contributed by atoms with Crippen molar-refractivity contribution < 1.29 is 22.0 Å². The van der Waals surface area contributed by atoms with E-state index in [0.29, 0.717) is 18.6 Å². The number of benzene rings is 2. The molecule has 0 saturated carbocycles. The van der Waals surface area contributed by atoms with Crippen LogP contribution >= 0.6 is 0 Å². The Kier molecular flexibility index (Phi) is 6.23. The van der Waals surface area contributed by atoms with Crippen LogP contribution in [0.15, 0.2) is 47.4 Å². The van der Waals surface area contributed by atoms with E-state index >= 15 is 0 Å². The van der Waals surface area contributed by atoms with Crippen LogP contribution in [-0.2, 0) is 21.4 Å². The van der Waals surface area contributed by atoms with Crippen LogP contribution < -0.4 is 10.0 Å². The van der Waals surface area contributed by atoms with Crippen molar-refractivity contribution in [2.24, 2.45) is 0 Å². The molecule has 0 bridgehead atoms. The summed E-state index contributed by atoms with van der Waals surface area (Å²) in [4.78, 5) is 16.3.